The summed E-state index contributed by atoms with van der Waals surface area (Å²) in [7, 11) is 0. The number of nitrogens with one attached hydrogen (secondary N) is 1. The van der Waals surface area contributed by atoms with Crippen LogP contribution >= 0.6 is 0 Å². The molecule has 1 unspecified atom stereocenters. The fourth-order valence-electron chi connectivity index (χ4n) is 1.78. The van der Waals surface area contributed by atoms with E-state index >= 15 is 0 Å². The molecular weight excluding hydrogens is 260 g/mol. The maximum Gasteiger partial charge on any atom is 0.389 e. The normalized spacial score (nSPS) is 15.1. The summed E-state index contributed by atoms with van der Waals surface area (Å²) < 4.78 is 49.8. The van der Waals surface area contributed by atoms with Gasteiger partial charge in [0, 0.05) is 18.5 Å². The molecule has 0 saturated carbocycles. The van der Waals surface area contributed by atoms with Gasteiger partial charge in [0.2, 0.25) is 0 Å². The molecule has 2 nitrogen and oxygen atoms in total. The number of benzene rings is 1. The predicted octanol–water partition coefficient (Wildman–Crippen LogP) is 3.69. The fraction of sp³-hybridized carbons (Fsp3) is 0.538. The van der Waals surface area contributed by atoms with Crippen LogP contribution in [0.4, 0.5) is 23.2 Å². The Labute approximate surface area is 110 Å². The van der Waals surface area contributed by atoms with Gasteiger partial charge in [-0.2, -0.15) is 13.2 Å². The summed E-state index contributed by atoms with van der Waals surface area (Å²) in [6.45, 7) is 1.81. The molecule has 0 saturated heterocycles. The van der Waals surface area contributed by atoms with Crippen LogP contribution in [0.15, 0.2) is 24.3 Å². The van der Waals surface area contributed by atoms with Crippen LogP contribution in [-0.2, 0) is 0 Å². The lowest BCUT2D eigenvalue weighted by Gasteiger charge is -2.31. The summed E-state index contributed by atoms with van der Waals surface area (Å²) in [6, 6.07) is 6.02. The number of para-hydroxylation sites is 1. The monoisotopic (exact) mass is 278 g/mol. The van der Waals surface area contributed by atoms with Crippen LogP contribution in [0.2, 0.25) is 0 Å². The highest BCUT2D eigenvalue weighted by Gasteiger charge is 2.29. The Hall–Kier alpha value is -1.30. The molecule has 0 heterocycles. The molecule has 0 amide bonds. The number of halogens is 4. The first-order valence-corrected chi connectivity index (χ1v) is 6.05. The van der Waals surface area contributed by atoms with Gasteiger partial charge in [-0.1, -0.05) is 12.1 Å². The molecular formula is C13H18F4N2. The maximum absolute atomic E-state index is 13.5. The van der Waals surface area contributed by atoms with E-state index in [2.05, 4.69) is 5.32 Å². The Kier molecular flexibility index (Phi) is 5.17. The van der Waals surface area contributed by atoms with Crippen molar-refractivity contribution >= 4 is 5.69 Å². The zero-order valence-electron chi connectivity index (χ0n) is 10.7. The second-order valence-electron chi connectivity index (χ2n) is 4.84. The van der Waals surface area contributed by atoms with E-state index in [4.69, 9.17) is 5.73 Å². The topological polar surface area (TPSA) is 38.0 Å². The summed E-state index contributed by atoms with van der Waals surface area (Å²) in [5.41, 5.74) is 5.08. The highest BCUT2D eigenvalue weighted by atomic mass is 19.4. The van der Waals surface area contributed by atoms with Crippen LogP contribution in [0.3, 0.4) is 0 Å². The molecule has 0 fully saturated rings. The zero-order valence-corrected chi connectivity index (χ0v) is 10.7. The van der Waals surface area contributed by atoms with E-state index in [1.165, 1.54) is 12.1 Å². The number of rotatable bonds is 6. The minimum atomic E-state index is -4.17. The molecule has 0 bridgehead atoms. The zero-order chi connectivity index (χ0) is 14.5. The van der Waals surface area contributed by atoms with Gasteiger partial charge in [0.25, 0.3) is 0 Å². The van der Waals surface area contributed by atoms with Crippen molar-refractivity contribution in [2.24, 2.45) is 5.73 Å². The molecule has 108 valence electrons. The summed E-state index contributed by atoms with van der Waals surface area (Å²) in [5.74, 6) is -0.446. The molecule has 1 aromatic carbocycles. The lowest BCUT2D eigenvalue weighted by molar-refractivity contribution is -0.136. The SMILES string of the molecule is CC(CN)(CCCC(F)(F)F)Nc1ccccc1F. The third-order valence-electron chi connectivity index (χ3n) is 2.95. The third-order valence-corrected chi connectivity index (χ3v) is 2.95. The Morgan fingerprint density at radius 1 is 1.16 bits per heavy atom. The van der Waals surface area contributed by atoms with Crippen molar-refractivity contribution < 1.29 is 17.6 Å². The smallest absolute Gasteiger partial charge is 0.376 e. The highest BCUT2D eigenvalue weighted by Crippen LogP contribution is 2.27. The number of anilines is 1. The van der Waals surface area contributed by atoms with Crippen molar-refractivity contribution in [3.63, 3.8) is 0 Å². The summed E-state index contributed by atoms with van der Waals surface area (Å²) >= 11 is 0. The van der Waals surface area contributed by atoms with Crippen molar-refractivity contribution in [2.45, 2.75) is 37.9 Å². The van der Waals surface area contributed by atoms with Crippen molar-refractivity contribution in [3.8, 4) is 0 Å². The van der Waals surface area contributed by atoms with E-state index in [1.54, 1.807) is 19.1 Å². The molecule has 6 heteroatoms. The molecule has 0 spiro atoms. The number of hydrogen-bond donors (Lipinski definition) is 2. The van der Waals surface area contributed by atoms with Gasteiger partial charge in [0.1, 0.15) is 5.82 Å². The van der Waals surface area contributed by atoms with E-state index in [9.17, 15) is 17.6 Å². The third kappa shape index (κ3) is 5.46. The standard InChI is InChI=1S/C13H18F4N2/c1-12(9-18,7-4-8-13(15,16)17)19-11-6-3-2-5-10(11)14/h2-3,5-6,19H,4,7-9,18H2,1H3. The number of nitrogens with two attached hydrogens (primary N) is 1. The largest absolute Gasteiger partial charge is 0.389 e. The Morgan fingerprint density at radius 2 is 1.79 bits per heavy atom. The van der Waals surface area contributed by atoms with Crippen LogP contribution in [-0.4, -0.2) is 18.3 Å². The summed E-state index contributed by atoms with van der Waals surface area (Å²) in [6.07, 6.45) is -4.86. The molecule has 1 rings (SSSR count). The van der Waals surface area contributed by atoms with Crippen LogP contribution in [0.25, 0.3) is 0 Å². The lowest BCUT2D eigenvalue weighted by atomic mass is 9.94. The second kappa shape index (κ2) is 6.23. The fourth-order valence-corrected chi connectivity index (χ4v) is 1.78. The Bertz CT molecular complexity index is 406. The molecule has 3 N–H and O–H groups in total. The van der Waals surface area contributed by atoms with Crippen LogP contribution in [0.5, 0.6) is 0 Å². The molecule has 19 heavy (non-hydrogen) atoms. The lowest BCUT2D eigenvalue weighted by Crippen LogP contribution is -2.42. The molecule has 0 aliphatic rings. The Balaban J connectivity index is 2.63. The number of hydrogen-bond acceptors (Lipinski definition) is 2. The first kappa shape index (κ1) is 15.8. The van der Waals surface area contributed by atoms with Gasteiger partial charge in [-0.25, -0.2) is 4.39 Å². The molecule has 0 aliphatic heterocycles. The van der Waals surface area contributed by atoms with Crippen LogP contribution in [0.1, 0.15) is 26.2 Å². The van der Waals surface area contributed by atoms with Crippen LogP contribution < -0.4 is 11.1 Å². The average molecular weight is 278 g/mol. The van der Waals surface area contributed by atoms with Gasteiger partial charge in [0.15, 0.2) is 0 Å². The van der Waals surface area contributed by atoms with E-state index < -0.39 is 24.0 Å². The maximum atomic E-state index is 13.5. The Morgan fingerprint density at radius 3 is 2.32 bits per heavy atom. The first-order chi connectivity index (χ1) is 8.76. The van der Waals surface area contributed by atoms with Crippen LogP contribution in [0, 0.1) is 5.82 Å². The van der Waals surface area contributed by atoms with Crippen molar-refractivity contribution in [3.05, 3.63) is 30.1 Å². The average Bonchev–Trinajstić information content (AvgIpc) is 2.30. The van der Waals surface area contributed by atoms with Gasteiger partial charge in [-0.15, -0.1) is 0 Å². The summed E-state index contributed by atoms with van der Waals surface area (Å²) in [4.78, 5) is 0. The van der Waals surface area contributed by atoms with E-state index in [1.807, 2.05) is 0 Å². The van der Waals surface area contributed by atoms with Gasteiger partial charge in [-0.05, 0) is 31.9 Å². The molecule has 0 aliphatic carbocycles. The first-order valence-electron chi connectivity index (χ1n) is 6.05. The van der Waals surface area contributed by atoms with Gasteiger partial charge < -0.3 is 11.1 Å². The summed E-state index contributed by atoms with van der Waals surface area (Å²) in [5, 5.41) is 2.89. The van der Waals surface area contributed by atoms with E-state index in [-0.39, 0.29) is 25.1 Å². The number of alkyl halides is 3. The molecule has 1 atom stereocenters. The van der Waals surface area contributed by atoms with Gasteiger partial charge in [-0.3, -0.25) is 0 Å². The van der Waals surface area contributed by atoms with Crippen molar-refractivity contribution in [1.29, 1.82) is 0 Å². The van der Waals surface area contributed by atoms with Crippen molar-refractivity contribution in [2.75, 3.05) is 11.9 Å². The molecule has 0 aromatic heterocycles. The molecule has 0 radical (unpaired) electrons. The quantitative estimate of drug-likeness (QED) is 0.779. The minimum Gasteiger partial charge on any atom is -0.376 e. The van der Waals surface area contributed by atoms with Gasteiger partial charge in [0.05, 0.1) is 5.69 Å². The predicted molar refractivity (Wildman–Crippen MR) is 67.4 cm³/mol. The van der Waals surface area contributed by atoms with E-state index in [0.29, 0.717) is 0 Å². The molecule has 1 aromatic rings. The van der Waals surface area contributed by atoms with Gasteiger partial charge >= 0.3 is 6.18 Å². The minimum absolute atomic E-state index is 0.0430. The van der Waals surface area contributed by atoms with E-state index in [0.717, 1.165) is 0 Å². The second-order valence-corrected chi connectivity index (χ2v) is 4.84. The van der Waals surface area contributed by atoms with Crippen molar-refractivity contribution in [1.82, 2.24) is 0 Å². The highest BCUT2D eigenvalue weighted by molar-refractivity contribution is 5.46.